The van der Waals surface area contributed by atoms with Crippen LogP contribution in [0.25, 0.3) is 27.4 Å². The molecular formula is C28H25NO4S. The number of aryl methyl sites for hydroxylation is 1. The first-order chi connectivity index (χ1) is 16.4. The molecule has 0 amide bonds. The molecule has 0 saturated heterocycles. The van der Waals surface area contributed by atoms with Crippen molar-refractivity contribution in [2.75, 3.05) is 14.2 Å². The Morgan fingerprint density at radius 1 is 1.00 bits per heavy atom. The van der Waals surface area contributed by atoms with Gasteiger partial charge in [0.15, 0.2) is 23.1 Å². The van der Waals surface area contributed by atoms with Gasteiger partial charge in [0.05, 0.1) is 19.9 Å². The van der Waals surface area contributed by atoms with Crippen LogP contribution in [0.1, 0.15) is 44.8 Å². The lowest BCUT2D eigenvalue weighted by Crippen LogP contribution is -2.08. The molecule has 2 heterocycles. The van der Waals surface area contributed by atoms with Crippen LogP contribution < -0.4 is 9.47 Å². The summed E-state index contributed by atoms with van der Waals surface area (Å²) in [6.07, 6.45) is 1.84. The first kappa shape index (κ1) is 23.4. The summed E-state index contributed by atoms with van der Waals surface area (Å²) in [5.74, 6) is 0.690. The number of Topliss-reactive ketones (excluding diaryl/α,β-unsaturated/α-hetero) is 2. The number of ketones is 2. The number of ether oxygens (including phenoxy) is 2. The molecule has 0 aliphatic heterocycles. The molecule has 0 saturated carbocycles. The molecule has 2 aromatic carbocycles. The minimum Gasteiger partial charge on any atom is -0.493 e. The van der Waals surface area contributed by atoms with E-state index in [1.54, 1.807) is 41.7 Å². The van der Waals surface area contributed by atoms with E-state index >= 15 is 0 Å². The number of hydrogen-bond donors (Lipinski definition) is 0. The van der Waals surface area contributed by atoms with Crippen molar-refractivity contribution < 1.29 is 19.1 Å². The van der Waals surface area contributed by atoms with Crippen molar-refractivity contribution in [3.8, 4) is 22.8 Å². The number of aromatic nitrogens is 1. The van der Waals surface area contributed by atoms with Gasteiger partial charge in [0.25, 0.3) is 0 Å². The van der Waals surface area contributed by atoms with Gasteiger partial charge in [-0.3, -0.25) is 9.59 Å². The van der Waals surface area contributed by atoms with E-state index in [0.29, 0.717) is 22.8 Å². The minimum absolute atomic E-state index is 0.0592. The fourth-order valence-electron chi connectivity index (χ4n) is 3.86. The Balaban J connectivity index is 1.57. The molecule has 0 radical (unpaired) electrons. The third-order valence-corrected chi connectivity index (χ3v) is 6.86. The van der Waals surface area contributed by atoms with Crippen LogP contribution in [-0.2, 0) is 0 Å². The number of pyridine rings is 1. The van der Waals surface area contributed by atoms with Crippen LogP contribution in [0.5, 0.6) is 11.5 Å². The van der Waals surface area contributed by atoms with E-state index in [2.05, 4.69) is 36.0 Å². The Labute approximate surface area is 202 Å². The highest BCUT2D eigenvalue weighted by molar-refractivity contribution is 7.18. The zero-order valence-electron chi connectivity index (χ0n) is 19.4. The van der Waals surface area contributed by atoms with Gasteiger partial charge in [-0.1, -0.05) is 30.9 Å². The van der Waals surface area contributed by atoms with Gasteiger partial charge < -0.3 is 9.47 Å². The quantitative estimate of drug-likeness (QED) is 0.252. The summed E-state index contributed by atoms with van der Waals surface area (Å²) in [7, 11) is 3.06. The van der Waals surface area contributed by atoms with Gasteiger partial charge in [-0.15, -0.1) is 11.3 Å². The molecule has 172 valence electrons. The van der Waals surface area contributed by atoms with E-state index in [-0.39, 0.29) is 24.4 Å². The topological polar surface area (TPSA) is 65.5 Å². The van der Waals surface area contributed by atoms with Crippen LogP contribution in [0.15, 0.2) is 60.5 Å². The molecule has 4 aromatic rings. The molecule has 0 atom stereocenters. The summed E-state index contributed by atoms with van der Waals surface area (Å²) < 4.78 is 11.7. The molecule has 4 rings (SSSR count). The first-order valence-electron chi connectivity index (χ1n) is 10.8. The SMILES string of the molecule is C=Cc1cc(C(=O)CCC(=O)c2ccc(OC)c(OC)c2)nc(-c2csc3c(C)cccc23)c1. The maximum Gasteiger partial charge on any atom is 0.181 e. The van der Waals surface area contributed by atoms with Crippen molar-refractivity contribution in [3.05, 3.63) is 82.9 Å². The maximum atomic E-state index is 13.0. The van der Waals surface area contributed by atoms with E-state index in [0.717, 1.165) is 22.2 Å². The van der Waals surface area contributed by atoms with Gasteiger partial charge in [0, 0.05) is 39.4 Å². The summed E-state index contributed by atoms with van der Waals surface area (Å²) in [4.78, 5) is 30.4. The van der Waals surface area contributed by atoms with Gasteiger partial charge >= 0.3 is 0 Å². The number of carbonyl (C=O) groups excluding carboxylic acids is 2. The predicted molar refractivity (Wildman–Crippen MR) is 137 cm³/mol. The number of rotatable bonds is 9. The van der Waals surface area contributed by atoms with Crippen molar-refractivity contribution >= 4 is 39.1 Å². The zero-order valence-corrected chi connectivity index (χ0v) is 20.2. The van der Waals surface area contributed by atoms with Crippen molar-refractivity contribution in [2.24, 2.45) is 0 Å². The van der Waals surface area contributed by atoms with Crippen LogP contribution >= 0.6 is 11.3 Å². The molecular weight excluding hydrogens is 446 g/mol. The zero-order chi connectivity index (χ0) is 24.2. The summed E-state index contributed by atoms with van der Waals surface area (Å²) in [5, 5.41) is 3.18. The lowest BCUT2D eigenvalue weighted by molar-refractivity contribution is 0.0915. The second-order valence-electron chi connectivity index (χ2n) is 7.89. The second kappa shape index (κ2) is 10.0. The summed E-state index contributed by atoms with van der Waals surface area (Å²) >= 11 is 1.67. The summed E-state index contributed by atoms with van der Waals surface area (Å²) in [5.41, 5.74) is 4.54. The lowest BCUT2D eigenvalue weighted by atomic mass is 10.0. The summed E-state index contributed by atoms with van der Waals surface area (Å²) in [6.45, 7) is 5.95. The van der Waals surface area contributed by atoms with Crippen molar-refractivity contribution in [2.45, 2.75) is 19.8 Å². The largest absolute Gasteiger partial charge is 0.493 e. The third kappa shape index (κ3) is 4.63. The first-order valence-corrected chi connectivity index (χ1v) is 11.7. The lowest BCUT2D eigenvalue weighted by Gasteiger charge is -2.09. The Hall–Kier alpha value is -3.77. The smallest absolute Gasteiger partial charge is 0.181 e. The van der Waals surface area contributed by atoms with Crippen LogP contribution in [-0.4, -0.2) is 30.8 Å². The Kier molecular flexibility index (Phi) is 6.89. The van der Waals surface area contributed by atoms with Crippen LogP contribution in [0, 0.1) is 6.92 Å². The highest BCUT2D eigenvalue weighted by Gasteiger charge is 2.17. The van der Waals surface area contributed by atoms with Crippen molar-refractivity contribution in [3.63, 3.8) is 0 Å². The second-order valence-corrected chi connectivity index (χ2v) is 8.77. The van der Waals surface area contributed by atoms with E-state index in [1.807, 2.05) is 12.1 Å². The normalized spacial score (nSPS) is 10.8. The van der Waals surface area contributed by atoms with Crippen molar-refractivity contribution in [1.82, 2.24) is 4.98 Å². The van der Waals surface area contributed by atoms with E-state index < -0.39 is 0 Å². The highest BCUT2D eigenvalue weighted by atomic mass is 32.1. The number of carbonyl (C=O) groups is 2. The average molecular weight is 472 g/mol. The minimum atomic E-state index is -0.186. The number of nitrogens with zero attached hydrogens (tertiary/aromatic N) is 1. The van der Waals surface area contributed by atoms with Gasteiger partial charge in [0.1, 0.15) is 5.69 Å². The Bertz CT molecular complexity index is 1400. The third-order valence-electron chi connectivity index (χ3n) is 5.73. The monoisotopic (exact) mass is 471 g/mol. The van der Waals surface area contributed by atoms with Crippen LogP contribution in [0.2, 0.25) is 0 Å². The van der Waals surface area contributed by atoms with Gasteiger partial charge in [0.2, 0.25) is 0 Å². The van der Waals surface area contributed by atoms with E-state index in [1.165, 1.54) is 24.5 Å². The molecule has 0 fully saturated rings. The molecule has 34 heavy (non-hydrogen) atoms. The standard InChI is InChI=1S/C28H25NO4S/c1-5-18-13-22(21-16-34-28-17(2)7-6-8-20(21)28)29-23(14-18)25(31)11-10-24(30)19-9-12-26(32-3)27(15-19)33-4/h5-9,12-16H,1,10-11H2,2-4H3. The van der Waals surface area contributed by atoms with Gasteiger partial charge in [-0.25, -0.2) is 4.98 Å². The number of methoxy groups -OCH3 is 2. The van der Waals surface area contributed by atoms with Crippen LogP contribution in [0.4, 0.5) is 0 Å². The molecule has 0 bridgehead atoms. The molecule has 6 heteroatoms. The number of fused-ring (bicyclic) bond motifs is 1. The van der Waals surface area contributed by atoms with E-state index in [9.17, 15) is 9.59 Å². The molecule has 0 aliphatic carbocycles. The van der Waals surface area contributed by atoms with E-state index in [4.69, 9.17) is 9.47 Å². The fourth-order valence-corrected chi connectivity index (χ4v) is 4.90. The van der Waals surface area contributed by atoms with Gasteiger partial charge in [-0.2, -0.15) is 0 Å². The molecule has 2 aromatic heterocycles. The van der Waals surface area contributed by atoms with Gasteiger partial charge in [-0.05, 0) is 48.4 Å². The number of thiophene rings is 1. The highest BCUT2D eigenvalue weighted by Crippen LogP contribution is 2.35. The molecule has 0 aliphatic rings. The molecule has 0 N–H and O–H groups in total. The van der Waals surface area contributed by atoms with Crippen molar-refractivity contribution in [1.29, 1.82) is 0 Å². The maximum absolute atomic E-state index is 13.0. The molecule has 0 unspecified atom stereocenters. The fraction of sp³-hybridized carbons (Fsp3) is 0.179. The molecule has 5 nitrogen and oxygen atoms in total. The Morgan fingerprint density at radius 3 is 2.50 bits per heavy atom. The number of hydrogen-bond acceptors (Lipinski definition) is 6. The van der Waals surface area contributed by atoms with Crippen LogP contribution in [0.3, 0.4) is 0 Å². The molecule has 0 spiro atoms. The summed E-state index contributed by atoms with van der Waals surface area (Å²) in [6, 6.07) is 14.8. The average Bonchev–Trinajstić information content (AvgIpc) is 3.31. The predicted octanol–water partition coefficient (Wildman–Crippen LogP) is 6.78. The number of benzene rings is 2. The Morgan fingerprint density at radius 2 is 1.76 bits per heavy atom.